The molecule has 0 aliphatic carbocycles. The molecule has 0 spiro atoms. The Morgan fingerprint density at radius 2 is 2.15 bits per heavy atom. The van der Waals surface area contributed by atoms with Gasteiger partial charge in [-0.25, -0.2) is 9.07 Å². The van der Waals surface area contributed by atoms with Crippen molar-refractivity contribution >= 4 is 11.7 Å². The van der Waals surface area contributed by atoms with Crippen molar-refractivity contribution in [3.05, 3.63) is 41.8 Å². The van der Waals surface area contributed by atoms with Crippen molar-refractivity contribution < 1.29 is 13.9 Å². The molecule has 1 aromatic carbocycles. The van der Waals surface area contributed by atoms with Gasteiger partial charge >= 0.3 is 0 Å². The first-order valence-electron chi connectivity index (χ1n) is 6.21. The van der Waals surface area contributed by atoms with Crippen LogP contribution in [0.15, 0.2) is 30.5 Å². The van der Waals surface area contributed by atoms with Crippen molar-refractivity contribution in [3.63, 3.8) is 0 Å². The second-order valence-corrected chi connectivity index (χ2v) is 4.56. The predicted molar refractivity (Wildman–Crippen MR) is 73.5 cm³/mol. The van der Waals surface area contributed by atoms with Crippen molar-refractivity contribution in [1.29, 1.82) is 0 Å². The molecule has 0 aliphatic heterocycles. The third kappa shape index (κ3) is 2.79. The van der Waals surface area contributed by atoms with Crippen LogP contribution in [-0.4, -0.2) is 22.8 Å². The topological polar surface area (TPSA) is 56.1 Å². The van der Waals surface area contributed by atoms with Crippen molar-refractivity contribution in [3.8, 4) is 5.75 Å². The SMILES string of the molecule is COc1ccc(C(=O)Nc2ccnn2C(C)C)cc1F. The number of benzene rings is 1. The van der Waals surface area contributed by atoms with Gasteiger partial charge in [-0.15, -0.1) is 0 Å². The Balaban J connectivity index is 2.20. The highest BCUT2D eigenvalue weighted by Crippen LogP contribution is 2.19. The van der Waals surface area contributed by atoms with E-state index in [1.807, 2.05) is 13.8 Å². The number of rotatable bonds is 4. The fourth-order valence-corrected chi connectivity index (χ4v) is 1.82. The van der Waals surface area contributed by atoms with E-state index < -0.39 is 11.7 Å². The van der Waals surface area contributed by atoms with Gasteiger partial charge in [-0.3, -0.25) is 4.79 Å². The summed E-state index contributed by atoms with van der Waals surface area (Å²) in [5.41, 5.74) is 0.222. The Morgan fingerprint density at radius 1 is 1.40 bits per heavy atom. The monoisotopic (exact) mass is 277 g/mol. The van der Waals surface area contributed by atoms with Crippen LogP contribution in [-0.2, 0) is 0 Å². The van der Waals surface area contributed by atoms with Gasteiger partial charge < -0.3 is 10.1 Å². The second kappa shape index (κ2) is 5.73. The minimum atomic E-state index is -0.572. The van der Waals surface area contributed by atoms with E-state index >= 15 is 0 Å². The molecule has 0 bridgehead atoms. The molecule has 0 atom stereocenters. The average molecular weight is 277 g/mol. The lowest BCUT2D eigenvalue weighted by Crippen LogP contribution is -2.17. The van der Waals surface area contributed by atoms with E-state index in [4.69, 9.17) is 4.74 Å². The van der Waals surface area contributed by atoms with Gasteiger partial charge in [0.2, 0.25) is 0 Å². The first-order valence-corrected chi connectivity index (χ1v) is 6.21. The number of halogens is 1. The maximum atomic E-state index is 13.6. The van der Waals surface area contributed by atoms with Crippen LogP contribution in [0.5, 0.6) is 5.75 Å². The number of methoxy groups -OCH3 is 1. The highest BCUT2D eigenvalue weighted by Gasteiger charge is 2.13. The van der Waals surface area contributed by atoms with Crippen molar-refractivity contribution in [2.45, 2.75) is 19.9 Å². The number of amides is 1. The molecule has 1 amide bonds. The summed E-state index contributed by atoms with van der Waals surface area (Å²) in [6.07, 6.45) is 1.60. The predicted octanol–water partition coefficient (Wildman–Crippen LogP) is 2.86. The lowest BCUT2D eigenvalue weighted by molar-refractivity contribution is 0.102. The van der Waals surface area contributed by atoms with Crippen LogP contribution >= 0.6 is 0 Å². The van der Waals surface area contributed by atoms with Crippen LogP contribution in [0.1, 0.15) is 30.2 Å². The standard InChI is InChI=1S/C14H16FN3O2/c1-9(2)18-13(6-7-16-18)17-14(19)10-4-5-12(20-3)11(15)8-10/h4-9H,1-3H3,(H,17,19). The number of aromatic nitrogens is 2. The summed E-state index contributed by atoms with van der Waals surface area (Å²) in [5.74, 6) is -0.290. The number of carbonyl (C=O) groups excluding carboxylic acids is 1. The van der Waals surface area contributed by atoms with Gasteiger partial charge in [-0.05, 0) is 32.0 Å². The molecule has 2 rings (SSSR count). The highest BCUT2D eigenvalue weighted by molar-refractivity contribution is 6.03. The third-order valence-corrected chi connectivity index (χ3v) is 2.82. The molecular weight excluding hydrogens is 261 g/mol. The second-order valence-electron chi connectivity index (χ2n) is 4.56. The van der Waals surface area contributed by atoms with Crippen LogP contribution in [0.4, 0.5) is 10.2 Å². The van der Waals surface area contributed by atoms with Gasteiger partial charge in [0.1, 0.15) is 5.82 Å². The summed E-state index contributed by atoms with van der Waals surface area (Å²) in [6.45, 7) is 3.91. The summed E-state index contributed by atoms with van der Waals surface area (Å²) in [5, 5.41) is 6.82. The Morgan fingerprint density at radius 3 is 2.75 bits per heavy atom. The van der Waals surface area contributed by atoms with E-state index in [9.17, 15) is 9.18 Å². The van der Waals surface area contributed by atoms with Crippen molar-refractivity contribution in [2.24, 2.45) is 0 Å². The number of nitrogens with zero attached hydrogens (tertiary/aromatic N) is 2. The fourth-order valence-electron chi connectivity index (χ4n) is 1.82. The van der Waals surface area contributed by atoms with Gasteiger partial charge in [0.05, 0.1) is 13.3 Å². The minimum absolute atomic E-state index is 0.105. The van der Waals surface area contributed by atoms with Gasteiger partial charge in [-0.1, -0.05) is 0 Å². The average Bonchev–Trinajstić information content (AvgIpc) is 2.86. The summed E-state index contributed by atoms with van der Waals surface area (Å²) in [7, 11) is 1.37. The molecule has 0 radical (unpaired) electrons. The van der Waals surface area contributed by atoms with E-state index in [1.54, 1.807) is 16.9 Å². The number of nitrogens with one attached hydrogen (secondary N) is 1. The molecule has 106 valence electrons. The molecule has 1 aromatic heterocycles. The third-order valence-electron chi connectivity index (χ3n) is 2.82. The number of hydrogen-bond acceptors (Lipinski definition) is 3. The summed E-state index contributed by atoms with van der Waals surface area (Å²) in [4.78, 5) is 12.1. The molecule has 5 nitrogen and oxygen atoms in total. The van der Waals surface area contributed by atoms with Gasteiger partial charge in [0.25, 0.3) is 5.91 Å². The molecule has 0 aliphatic rings. The Kier molecular flexibility index (Phi) is 4.02. The molecule has 1 heterocycles. The van der Waals surface area contributed by atoms with Gasteiger partial charge in [0, 0.05) is 17.7 Å². The molecule has 0 saturated heterocycles. The number of carbonyl (C=O) groups is 1. The molecule has 0 saturated carbocycles. The van der Waals surface area contributed by atoms with Gasteiger partial charge in [-0.2, -0.15) is 5.10 Å². The lowest BCUT2D eigenvalue weighted by Gasteiger charge is -2.12. The van der Waals surface area contributed by atoms with E-state index in [1.165, 1.54) is 19.2 Å². The zero-order valence-corrected chi connectivity index (χ0v) is 11.6. The quantitative estimate of drug-likeness (QED) is 0.935. The van der Waals surface area contributed by atoms with Crippen LogP contribution in [0.3, 0.4) is 0 Å². The van der Waals surface area contributed by atoms with Crippen molar-refractivity contribution in [1.82, 2.24) is 9.78 Å². The molecule has 1 N–H and O–H groups in total. The van der Waals surface area contributed by atoms with Crippen LogP contribution in [0, 0.1) is 5.82 Å². The lowest BCUT2D eigenvalue weighted by atomic mass is 10.2. The zero-order chi connectivity index (χ0) is 14.7. The summed E-state index contributed by atoms with van der Waals surface area (Å²) >= 11 is 0. The van der Waals surface area contributed by atoms with Gasteiger partial charge in [0.15, 0.2) is 11.6 Å². The minimum Gasteiger partial charge on any atom is -0.494 e. The summed E-state index contributed by atoms with van der Waals surface area (Å²) in [6, 6.07) is 5.88. The summed E-state index contributed by atoms with van der Waals surface area (Å²) < 4.78 is 20.1. The number of hydrogen-bond donors (Lipinski definition) is 1. The van der Waals surface area contributed by atoms with E-state index in [0.29, 0.717) is 5.82 Å². The normalized spacial score (nSPS) is 10.7. The molecule has 0 fully saturated rings. The maximum Gasteiger partial charge on any atom is 0.256 e. The van der Waals surface area contributed by atoms with Crippen LogP contribution in [0.25, 0.3) is 0 Å². The highest BCUT2D eigenvalue weighted by atomic mass is 19.1. The Bertz CT molecular complexity index is 623. The first-order chi connectivity index (χ1) is 9.52. The molecule has 2 aromatic rings. The fraction of sp³-hybridized carbons (Fsp3) is 0.286. The van der Waals surface area contributed by atoms with Crippen LogP contribution in [0.2, 0.25) is 0 Å². The van der Waals surface area contributed by atoms with E-state index in [-0.39, 0.29) is 17.4 Å². The van der Waals surface area contributed by atoms with E-state index in [2.05, 4.69) is 10.4 Å². The zero-order valence-electron chi connectivity index (χ0n) is 11.6. The molecular formula is C14H16FN3O2. The number of anilines is 1. The molecule has 6 heteroatoms. The Hall–Kier alpha value is -2.37. The van der Waals surface area contributed by atoms with Crippen molar-refractivity contribution in [2.75, 3.05) is 12.4 Å². The first kappa shape index (κ1) is 14.0. The smallest absolute Gasteiger partial charge is 0.256 e. The largest absolute Gasteiger partial charge is 0.494 e. The Labute approximate surface area is 116 Å². The maximum absolute atomic E-state index is 13.6. The molecule has 0 unspecified atom stereocenters. The number of ether oxygens (including phenoxy) is 1. The van der Waals surface area contributed by atoms with Crippen LogP contribution < -0.4 is 10.1 Å². The molecule has 20 heavy (non-hydrogen) atoms. The van der Waals surface area contributed by atoms with E-state index in [0.717, 1.165) is 6.07 Å².